The van der Waals surface area contributed by atoms with E-state index in [-0.39, 0.29) is 18.1 Å². The van der Waals surface area contributed by atoms with Crippen molar-refractivity contribution in [1.82, 2.24) is 5.32 Å². The van der Waals surface area contributed by atoms with E-state index in [2.05, 4.69) is 5.32 Å². The largest absolute Gasteiger partial charge is 0.451 e. The first kappa shape index (κ1) is 15.2. The van der Waals surface area contributed by atoms with Crippen LogP contribution in [0, 0.1) is 24.7 Å². The van der Waals surface area contributed by atoms with Crippen molar-refractivity contribution in [2.24, 2.45) is 17.8 Å². The van der Waals surface area contributed by atoms with Crippen LogP contribution in [0.5, 0.6) is 0 Å². The minimum Gasteiger partial charge on any atom is -0.451 e. The van der Waals surface area contributed by atoms with Gasteiger partial charge in [-0.3, -0.25) is 4.79 Å². The van der Waals surface area contributed by atoms with Gasteiger partial charge in [0.05, 0.1) is 0 Å². The number of esters is 1. The molecule has 4 aliphatic rings. The Bertz CT molecular complexity index is 601. The summed E-state index contributed by atoms with van der Waals surface area (Å²) in [5.41, 5.74) is -0.0161. The second-order valence-corrected chi connectivity index (χ2v) is 9.02. The topological polar surface area (TPSA) is 55.4 Å². The average Bonchev–Trinajstić information content (AvgIpc) is 2.89. The highest BCUT2D eigenvalue weighted by Crippen LogP contribution is 2.55. The van der Waals surface area contributed by atoms with Gasteiger partial charge in [-0.1, -0.05) is 0 Å². The Hall–Kier alpha value is -1.36. The molecule has 0 radical (unpaired) electrons. The Kier molecular flexibility index (Phi) is 3.71. The highest BCUT2D eigenvalue weighted by atomic mass is 32.1. The summed E-state index contributed by atoms with van der Waals surface area (Å²) >= 11 is 1.40. The third-order valence-corrected chi connectivity index (χ3v) is 6.70. The molecule has 0 spiro atoms. The normalized spacial score (nSPS) is 34.4. The Morgan fingerprint density at radius 2 is 1.78 bits per heavy atom. The van der Waals surface area contributed by atoms with Crippen molar-refractivity contribution in [2.45, 2.75) is 51.0 Å². The molecule has 4 saturated carbocycles. The number of amides is 1. The molecule has 4 fully saturated rings. The maximum atomic E-state index is 12.3. The van der Waals surface area contributed by atoms with Gasteiger partial charge in [-0.15, -0.1) is 11.3 Å². The predicted octanol–water partition coefficient (Wildman–Crippen LogP) is 3.30. The van der Waals surface area contributed by atoms with Crippen LogP contribution in [0.2, 0.25) is 0 Å². The number of aryl methyl sites for hydroxylation is 1. The van der Waals surface area contributed by atoms with E-state index in [1.807, 2.05) is 13.0 Å². The molecule has 0 saturated heterocycles. The van der Waals surface area contributed by atoms with Crippen LogP contribution >= 0.6 is 11.3 Å². The number of ether oxygens (including phenoxy) is 1. The summed E-state index contributed by atoms with van der Waals surface area (Å²) < 4.78 is 5.18. The van der Waals surface area contributed by atoms with Crippen LogP contribution < -0.4 is 5.32 Å². The molecule has 0 unspecified atom stereocenters. The molecule has 0 atom stereocenters. The Morgan fingerprint density at radius 3 is 2.30 bits per heavy atom. The Morgan fingerprint density at radius 1 is 1.17 bits per heavy atom. The van der Waals surface area contributed by atoms with Gasteiger partial charge in [0.1, 0.15) is 4.88 Å². The molecule has 5 rings (SSSR count). The van der Waals surface area contributed by atoms with Gasteiger partial charge in [0, 0.05) is 10.4 Å². The fourth-order valence-electron chi connectivity index (χ4n) is 5.34. The summed E-state index contributed by atoms with van der Waals surface area (Å²) in [7, 11) is 0. The first-order chi connectivity index (χ1) is 11.0. The van der Waals surface area contributed by atoms with Crippen LogP contribution in [0.1, 0.15) is 53.1 Å². The number of nitrogens with one attached hydrogen (secondary N) is 1. The number of carbonyl (C=O) groups excluding carboxylic acids is 2. The minimum absolute atomic E-state index is 0.0161. The van der Waals surface area contributed by atoms with Crippen molar-refractivity contribution in [3.63, 3.8) is 0 Å². The molecule has 1 aromatic heterocycles. The first-order valence-electron chi connectivity index (χ1n) is 8.56. The SMILES string of the molecule is Cc1ccc(C(=O)OCC(=O)NC23CC4CC(CC(C4)C2)C3)s1. The van der Waals surface area contributed by atoms with E-state index < -0.39 is 5.97 Å². The molecular formula is C18H23NO3S. The Balaban J connectivity index is 1.33. The number of thiophene rings is 1. The summed E-state index contributed by atoms with van der Waals surface area (Å²) in [5, 5.41) is 3.22. The zero-order valence-corrected chi connectivity index (χ0v) is 14.3. The fraction of sp³-hybridized carbons (Fsp3) is 0.667. The number of carbonyl (C=O) groups is 2. The van der Waals surface area contributed by atoms with E-state index >= 15 is 0 Å². The summed E-state index contributed by atoms with van der Waals surface area (Å²) in [4.78, 5) is 25.8. The van der Waals surface area contributed by atoms with Gasteiger partial charge in [0.25, 0.3) is 5.91 Å². The summed E-state index contributed by atoms with van der Waals surface area (Å²) in [6.45, 7) is 1.78. The molecule has 0 aromatic carbocycles. The van der Waals surface area contributed by atoms with Gasteiger partial charge < -0.3 is 10.1 Å². The molecule has 124 valence electrons. The fourth-order valence-corrected chi connectivity index (χ4v) is 6.10. The van der Waals surface area contributed by atoms with Crippen LogP contribution in [0.25, 0.3) is 0 Å². The molecule has 5 heteroatoms. The molecule has 1 heterocycles. The lowest BCUT2D eigenvalue weighted by Gasteiger charge is -2.56. The maximum Gasteiger partial charge on any atom is 0.348 e. The average molecular weight is 333 g/mol. The molecular weight excluding hydrogens is 310 g/mol. The van der Waals surface area contributed by atoms with Crippen molar-refractivity contribution in [2.75, 3.05) is 6.61 Å². The molecule has 4 aliphatic carbocycles. The molecule has 1 amide bonds. The molecule has 1 N–H and O–H groups in total. The van der Waals surface area contributed by atoms with Gasteiger partial charge in [-0.05, 0) is 75.3 Å². The lowest BCUT2D eigenvalue weighted by atomic mass is 9.53. The van der Waals surface area contributed by atoms with E-state index in [1.54, 1.807) is 6.07 Å². The lowest BCUT2D eigenvalue weighted by molar-refractivity contribution is -0.130. The van der Waals surface area contributed by atoms with Crippen LogP contribution in [-0.2, 0) is 9.53 Å². The second kappa shape index (κ2) is 5.62. The van der Waals surface area contributed by atoms with Gasteiger partial charge in [0.2, 0.25) is 0 Å². The quantitative estimate of drug-likeness (QED) is 0.860. The van der Waals surface area contributed by atoms with Gasteiger partial charge in [-0.2, -0.15) is 0 Å². The van der Waals surface area contributed by atoms with E-state index in [4.69, 9.17) is 4.74 Å². The zero-order chi connectivity index (χ0) is 16.0. The van der Waals surface area contributed by atoms with Crippen LogP contribution in [0.3, 0.4) is 0 Å². The minimum atomic E-state index is -0.399. The second-order valence-electron chi connectivity index (χ2n) is 7.73. The highest BCUT2D eigenvalue weighted by molar-refractivity contribution is 7.13. The Labute approximate surface area is 140 Å². The molecule has 23 heavy (non-hydrogen) atoms. The van der Waals surface area contributed by atoms with Crippen molar-refractivity contribution in [3.05, 3.63) is 21.9 Å². The lowest BCUT2D eigenvalue weighted by Crippen LogP contribution is -2.60. The third kappa shape index (κ3) is 3.03. The number of hydrogen-bond acceptors (Lipinski definition) is 4. The molecule has 0 aliphatic heterocycles. The van der Waals surface area contributed by atoms with Crippen molar-refractivity contribution >= 4 is 23.2 Å². The molecule has 4 bridgehead atoms. The zero-order valence-electron chi connectivity index (χ0n) is 13.5. The summed E-state index contributed by atoms with van der Waals surface area (Å²) in [6, 6.07) is 3.64. The first-order valence-corrected chi connectivity index (χ1v) is 9.37. The number of rotatable bonds is 4. The van der Waals surface area contributed by atoms with E-state index in [1.165, 1.54) is 30.6 Å². The number of hydrogen-bond donors (Lipinski definition) is 1. The van der Waals surface area contributed by atoms with Gasteiger partial charge in [0.15, 0.2) is 6.61 Å². The van der Waals surface area contributed by atoms with E-state index in [0.717, 1.165) is 41.9 Å². The van der Waals surface area contributed by atoms with Crippen molar-refractivity contribution in [3.8, 4) is 0 Å². The van der Waals surface area contributed by atoms with Crippen molar-refractivity contribution < 1.29 is 14.3 Å². The van der Waals surface area contributed by atoms with Crippen LogP contribution in [0.4, 0.5) is 0 Å². The smallest absolute Gasteiger partial charge is 0.348 e. The summed E-state index contributed by atoms with van der Waals surface area (Å²) in [6.07, 6.45) is 7.39. The van der Waals surface area contributed by atoms with Crippen molar-refractivity contribution in [1.29, 1.82) is 0 Å². The predicted molar refractivity (Wildman–Crippen MR) is 88.4 cm³/mol. The molecule has 4 nitrogen and oxygen atoms in total. The monoisotopic (exact) mass is 333 g/mol. The van der Waals surface area contributed by atoms with E-state index in [9.17, 15) is 9.59 Å². The maximum absolute atomic E-state index is 12.3. The van der Waals surface area contributed by atoms with Crippen LogP contribution in [0.15, 0.2) is 12.1 Å². The van der Waals surface area contributed by atoms with E-state index in [0.29, 0.717) is 4.88 Å². The third-order valence-electron chi connectivity index (χ3n) is 5.72. The van der Waals surface area contributed by atoms with Crippen LogP contribution in [-0.4, -0.2) is 24.0 Å². The van der Waals surface area contributed by atoms with Gasteiger partial charge >= 0.3 is 5.97 Å². The molecule has 1 aromatic rings. The highest BCUT2D eigenvalue weighted by Gasteiger charge is 2.51. The summed E-state index contributed by atoms with van der Waals surface area (Å²) in [5.74, 6) is 1.83. The van der Waals surface area contributed by atoms with Gasteiger partial charge in [-0.25, -0.2) is 4.79 Å². The standard InChI is InChI=1S/C18H23NO3S/c1-11-2-3-15(23-11)17(21)22-10-16(20)19-18-7-12-4-13(8-18)6-14(5-12)9-18/h2-3,12-14H,4-10H2,1H3,(H,19,20).